The van der Waals surface area contributed by atoms with Crippen molar-refractivity contribution in [1.82, 2.24) is 0 Å². The first-order valence-electron chi connectivity index (χ1n) is 6.03. The van der Waals surface area contributed by atoms with Crippen LogP contribution in [0.5, 0.6) is 0 Å². The van der Waals surface area contributed by atoms with E-state index < -0.39 is 10.0 Å². The van der Waals surface area contributed by atoms with Crippen molar-refractivity contribution in [3.63, 3.8) is 0 Å². The number of hydrogen-bond donors (Lipinski definition) is 1. The summed E-state index contributed by atoms with van der Waals surface area (Å²) in [6.45, 7) is 0.732. The van der Waals surface area contributed by atoms with Crippen LogP contribution in [0, 0.1) is 11.8 Å². The van der Waals surface area contributed by atoms with Crippen molar-refractivity contribution in [3.8, 4) is 11.8 Å². The highest BCUT2D eigenvalue weighted by atomic mass is 35.5. The third-order valence-electron chi connectivity index (χ3n) is 2.90. The Morgan fingerprint density at radius 1 is 1.37 bits per heavy atom. The summed E-state index contributed by atoms with van der Waals surface area (Å²) in [6.07, 6.45) is 1.54. The largest absolute Gasteiger partial charge is 0.320 e. The summed E-state index contributed by atoms with van der Waals surface area (Å²) in [6, 6.07) is 5.13. The highest BCUT2D eigenvalue weighted by Crippen LogP contribution is 2.31. The normalized spacial score (nSPS) is 17.7. The van der Waals surface area contributed by atoms with Gasteiger partial charge in [-0.2, -0.15) is 0 Å². The molecule has 0 aliphatic carbocycles. The van der Waals surface area contributed by atoms with Gasteiger partial charge in [0.15, 0.2) is 0 Å². The molecule has 0 bridgehead atoms. The van der Waals surface area contributed by atoms with E-state index in [4.69, 9.17) is 17.3 Å². The molecule has 1 fully saturated rings. The van der Waals surface area contributed by atoms with E-state index in [2.05, 4.69) is 11.8 Å². The Hall–Kier alpha value is -1.22. The first kappa shape index (κ1) is 14.2. The molecule has 0 spiro atoms. The molecule has 1 aromatic carbocycles. The maximum atomic E-state index is 12.1. The van der Waals surface area contributed by atoms with Crippen molar-refractivity contribution in [3.05, 3.63) is 28.8 Å². The van der Waals surface area contributed by atoms with E-state index in [1.54, 1.807) is 18.2 Å². The second-order valence-electron chi connectivity index (χ2n) is 4.27. The average molecular weight is 299 g/mol. The number of rotatable bonds is 1. The van der Waals surface area contributed by atoms with Crippen LogP contribution in [0.1, 0.15) is 18.4 Å². The molecule has 6 heteroatoms. The Kier molecular flexibility index (Phi) is 4.35. The fourth-order valence-electron chi connectivity index (χ4n) is 1.99. The van der Waals surface area contributed by atoms with E-state index in [1.165, 1.54) is 4.31 Å². The molecular formula is C13H15ClN2O2S. The molecule has 0 amide bonds. The molecule has 1 aliphatic rings. The predicted molar refractivity (Wildman–Crippen MR) is 77.8 cm³/mol. The zero-order valence-corrected chi connectivity index (χ0v) is 12.0. The minimum atomic E-state index is -3.26. The molecule has 102 valence electrons. The summed E-state index contributed by atoms with van der Waals surface area (Å²) in [5, 5.41) is 0.420. The second-order valence-corrected chi connectivity index (χ2v) is 6.69. The maximum Gasteiger partial charge on any atom is 0.235 e. The summed E-state index contributed by atoms with van der Waals surface area (Å²) in [4.78, 5) is 0. The van der Waals surface area contributed by atoms with Gasteiger partial charge < -0.3 is 5.73 Å². The van der Waals surface area contributed by atoms with Gasteiger partial charge in [-0.1, -0.05) is 23.4 Å². The van der Waals surface area contributed by atoms with E-state index in [0.717, 1.165) is 6.42 Å². The number of sulfonamides is 1. The van der Waals surface area contributed by atoms with Gasteiger partial charge in [-0.15, -0.1) is 0 Å². The van der Waals surface area contributed by atoms with Crippen LogP contribution >= 0.6 is 11.6 Å². The number of nitrogens with two attached hydrogens (primary N) is 1. The minimum absolute atomic E-state index is 0.169. The predicted octanol–water partition coefficient (Wildman–Crippen LogP) is 1.58. The summed E-state index contributed by atoms with van der Waals surface area (Å²) in [5.74, 6) is 5.79. The molecule has 4 nitrogen and oxygen atoms in total. The fraction of sp³-hybridized carbons (Fsp3) is 0.385. The van der Waals surface area contributed by atoms with Gasteiger partial charge in [0.1, 0.15) is 0 Å². The summed E-state index contributed by atoms with van der Waals surface area (Å²) in [7, 11) is -3.26. The average Bonchev–Trinajstić information content (AvgIpc) is 2.38. The monoisotopic (exact) mass is 298 g/mol. The molecule has 1 saturated heterocycles. The number of hydrogen-bond acceptors (Lipinski definition) is 3. The zero-order valence-electron chi connectivity index (χ0n) is 10.4. The first-order valence-corrected chi connectivity index (χ1v) is 8.02. The summed E-state index contributed by atoms with van der Waals surface area (Å²) < 4.78 is 25.5. The molecule has 0 radical (unpaired) electrons. The van der Waals surface area contributed by atoms with Crippen LogP contribution in [0.25, 0.3) is 0 Å². The van der Waals surface area contributed by atoms with Crippen molar-refractivity contribution < 1.29 is 8.42 Å². The molecule has 2 N–H and O–H groups in total. The SMILES string of the molecule is NCC#Cc1ccc(Cl)c(N2CCCCS2(=O)=O)c1. The van der Waals surface area contributed by atoms with E-state index in [-0.39, 0.29) is 12.3 Å². The molecule has 19 heavy (non-hydrogen) atoms. The van der Waals surface area contributed by atoms with Crippen molar-refractivity contribution in [2.45, 2.75) is 12.8 Å². The Bertz CT molecular complexity index is 632. The van der Waals surface area contributed by atoms with Gasteiger partial charge in [0.05, 0.1) is 23.0 Å². The van der Waals surface area contributed by atoms with Gasteiger partial charge in [0.25, 0.3) is 0 Å². The molecule has 0 unspecified atom stereocenters. The Morgan fingerprint density at radius 3 is 2.84 bits per heavy atom. The standard InChI is InChI=1S/C13H15ClN2O2S/c14-12-6-5-11(4-3-7-15)10-13(12)16-8-1-2-9-19(16,17)18/h5-6,10H,1-2,7-9,15H2. The minimum Gasteiger partial charge on any atom is -0.320 e. The molecule has 1 aliphatic heterocycles. The van der Waals surface area contributed by atoms with Crippen LogP contribution in [0.15, 0.2) is 18.2 Å². The smallest absolute Gasteiger partial charge is 0.235 e. The highest BCUT2D eigenvalue weighted by molar-refractivity contribution is 7.92. The summed E-state index contributed by atoms with van der Waals surface area (Å²) >= 11 is 6.11. The van der Waals surface area contributed by atoms with E-state index in [0.29, 0.717) is 29.2 Å². The van der Waals surface area contributed by atoms with E-state index >= 15 is 0 Å². The lowest BCUT2D eigenvalue weighted by Gasteiger charge is -2.29. The second kappa shape index (κ2) is 5.83. The van der Waals surface area contributed by atoms with Crippen molar-refractivity contribution >= 4 is 27.3 Å². The highest BCUT2D eigenvalue weighted by Gasteiger charge is 2.27. The number of benzene rings is 1. The third-order valence-corrected chi connectivity index (χ3v) is 5.07. The molecule has 0 atom stereocenters. The zero-order chi connectivity index (χ0) is 13.9. The van der Waals surface area contributed by atoms with Crippen molar-refractivity contribution in [1.29, 1.82) is 0 Å². The maximum absolute atomic E-state index is 12.1. The molecule has 0 saturated carbocycles. The molecule has 0 aromatic heterocycles. The van der Waals surface area contributed by atoms with Gasteiger partial charge in [-0.05, 0) is 31.0 Å². The van der Waals surface area contributed by atoms with Gasteiger partial charge in [-0.3, -0.25) is 4.31 Å². The van der Waals surface area contributed by atoms with Crippen LogP contribution in [0.2, 0.25) is 5.02 Å². The lowest BCUT2D eigenvalue weighted by atomic mass is 10.2. The Labute approximate surface area is 118 Å². The van der Waals surface area contributed by atoms with Crippen LogP contribution < -0.4 is 10.0 Å². The van der Waals surface area contributed by atoms with E-state index in [1.807, 2.05) is 0 Å². The summed E-state index contributed by atoms with van der Waals surface area (Å²) in [5.41, 5.74) is 6.54. The van der Waals surface area contributed by atoms with Crippen LogP contribution in [0.3, 0.4) is 0 Å². The van der Waals surface area contributed by atoms with Crippen molar-refractivity contribution in [2.24, 2.45) is 5.73 Å². The lowest BCUT2D eigenvalue weighted by Crippen LogP contribution is -2.38. The van der Waals surface area contributed by atoms with Gasteiger partial charge >= 0.3 is 0 Å². The molecular weight excluding hydrogens is 284 g/mol. The van der Waals surface area contributed by atoms with E-state index in [9.17, 15) is 8.42 Å². The van der Waals surface area contributed by atoms with Gasteiger partial charge in [-0.25, -0.2) is 8.42 Å². The Balaban J connectivity index is 2.43. The van der Waals surface area contributed by atoms with Crippen LogP contribution in [-0.4, -0.2) is 27.3 Å². The molecule has 2 rings (SSSR count). The topological polar surface area (TPSA) is 63.4 Å². The van der Waals surface area contributed by atoms with Crippen LogP contribution in [-0.2, 0) is 10.0 Å². The Morgan fingerprint density at radius 2 is 2.16 bits per heavy atom. The fourth-order valence-corrected chi connectivity index (χ4v) is 3.91. The van der Waals surface area contributed by atoms with Crippen molar-refractivity contribution in [2.75, 3.05) is 23.1 Å². The lowest BCUT2D eigenvalue weighted by molar-refractivity contribution is 0.574. The number of nitrogens with zero attached hydrogens (tertiary/aromatic N) is 1. The van der Waals surface area contributed by atoms with Gasteiger partial charge in [0.2, 0.25) is 10.0 Å². The molecule has 1 heterocycles. The molecule has 1 aromatic rings. The number of anilines is 1. The first-order chi connectivity index (χ1) is 9.04. The quantitative estimate of drug-likeness (QED) is 0.801. The van der Waals surface area contributed by atoms with Gasteiger partial charge in [0, 0.05) is 12.1 Å². The van der Waals surface area contributed by atoms with Crippen LogP contribution in [0.4, 0.5) is 5.69 Å². The third kappa shape index (κ3) is 3.21. The number of halogens is 1.